The Balaban J connectivity index is 0.830. The van der Waals surface area contributed by atoms with Crippen molar-refractivity contribution < 1.29 is 133 Å². The number of hydrogen-bond donors (Lipinski definition) is 14. The predicted octanol–water partition coefficient (Wildman–Crippen LogP) is -1.97. The van der Waals surface area contributed by atoms with E-state index in [1.54, 1.807) is 0 Å². The first-order valence-electron chi connectivity index (χ1n) is 31.5. The Hall–Kier alpha value is -2.24. The number of ether oxygens (including phenoxy) is 11. The predicted molar refractivity (Wildman–Crippen MR) is 298 cm³/mol. The third-order valence-electron chi connectivity index (χ3n) is 23.4. The number of allylic oxidation sites excluding steroid dienone is 2. The average molecular weight is 1260 g/mol. The first-order chi connectivity index (χ1) is 41.2. The second kappa shape index (κ2) is 25.5. The minimum absolute atomic E-state index is 0.133. The van der Waals surface area contributed by atoms with Gasteiger partial charge in [0.2, 0.25) is 6.29 Å². The minimum Gasteiger partial charge on any atom is -0.463 e. The van der Waals surface area contributed by atoms with Crippen LogP contribution in [-0.2, 0) is 61.7 Å². The molecule has 0 amide bonds. The SMILES string of the molecule is CC(=O)OC[C@H]1O[C@@H](OC[C@H]2O[C@@H](OC(=O)[C@]34CCC(C)(C)C[C@H]3C3=CCC5[C@@]6(C)CC[C@H](O[C@@H]7OC[C@H](O)[C@H](O)[C@H]7O[C@@H]7O[C@H](CO)[C@@H](O)[C@H](O)[C@H]7O)C(C)(C)C6CC[C@@]5(C)[C@]3(C)CC4)[C@H](O)[C@@H](O)[C@@H]2O)[C@H](O)[C@@H](O)[C@@H]1O[C@@H]1O[C@@H](C)[C@H](O)[C@@H](O)[C@H]1O. The molecule has 5 aliphatic heterocycles. The highest BCUT2D eigenvalue weighted by atomic mass is 16.8. The van der Waals surface area contributed by atoms with Crippen LogP contribution in [0.4, 0.5) is 0 Å². The van der Waals surface area contributed by atoms with Crippen LogP contribution < -0.4 is 0 Å². The fraction of sp³-hybridized carbons (Fsp3) is 0.934. The van der Waals surface area contributed by atoms with Gasteiger partial charge in [-0.3, -0.25) is 9.59 Å². The molecule has 10 rings (SSSR count). The fourth-order valence-corrected chi connectivity index (χ4v) is 17.7. The smallest absolute Gasteiger partial charge is 0.315 e. The molecule has 2 unspecified atom stereocenters. The Kier molecular flexibility index (Phi) is 19.9. The highest BCUT2D eigenvalue weighted by Crippen LogP contribution is 2.76. The van der Waals surface area contributed by atoms with Crippen molar-refractivity contribution in [2.45, 2.75) is 280 Å². The van der Waals surface area contributed by atoms with Gasteiger partial charge >= 0.3 is 11.9 Å². The molecule has 504 valence electrons. The van der Waals surface area contributed by atoms with E-state index in [0.29, 0.717) is 38.5 Å². The minimum atomic E-state index is -1.92. The Morgan fingerprint density at radius 2 is 1.16 bits per heavy atom. The topological polar surface area (TPSA) is 419 Å². The van der Waals surface area contributed by atoms with Crippen LogP contribution in [0.25, 0.3) is 0 Å². The first-order valence-corrected chi connectivity index (χ1v) is 31.5. The summed E-state index contributed by atoms with van der Waals surface area (Å²) in [4.78, 5) is 27.2. The van der Waals surface area contributed by atoms with Gasteiger partial charge in [0.25, 0.3) is 0 Å². The van der Waals surface area contributed by atoms with Crippen molar-refractivity contribution in [3.8, 4) is 0 Å². The van der Waals surface area contributed by atoms with Crippen molar-refractivity contribution in [3.63, 3.8) is 0 Å². The zero-order valence-corrected chi connectivity index (χ0v) is 51.7. The van der Waals surface area contributed by atoms with Gasteiger partial charge in [0, 0.05) is 6.92 Å². The third-order valence-corrected chi connectivity index (χ3v) is 23.4. The van der Waals surface area contributed by atoms with Crippen LogP contribution in [0.5, 0.6) is 0 Å². The van der Waals surface area contributed by atoms with Crippen LogP contribution in [0.3, 0.4) is 0 Å². The van der Waals surface area contributed by atoms with Gasteiger partial charge in [-0.05, 0) is 116 Å². The maximum Gasteiger partial charge on any atom is 0.315 e. The van der Waals surface area contributed by atoms with Crippen molar-refractivity contribution in [2.75, 3.05) is 26.4 Å². The number of esters is 2. The van der Waals surface area contributed by atoms with E-state index in [4.69, 9.17) is 52.1 Å². The highest BCUT2D eigenvalue weighted by Gasteiger charge is 2.70. The van der Waals surface area contributed by atoms with Crippen LogP contribution in [-0.4, -0.2) is 263 Å². The molecule has 5 aliphatic carbocycles. The van der Waals surface area contributed by atoms with Crippen molar-refractivity contribution in [1.29, 1.82) is 0 Å². The van der Waals surface area contributed by atoms with Crippen LogP contribution in [0, 0.1) is 50.2 Å². The highest BCUT2D eigenvalue weighted by molar-refractivity contribution is 5.79. The number of aliphatic hydroxyl groups excluding tert-OH is 14. The monoisotopic (exact) mass is 1260 g/mol. The van der Waals surface area contributed by atoms with Crippen molar-refractivity contribution >= 4 is 11.9 Å². The molecular formula is C61H98O27. The van der Waals surface area contributed by atoms with E-state index < -0.39 is 196 Å². The van der Waals surface area contributed by atoms with E-state index in [2.05, 4.69) is 54.5 Å². The third kappa shape index (κ3) is 11.9. The molecular weight excluding hydrogens is 1160 g/mol. The molecule has 10 aliphatic rings. The number of carbonyl (C=O) groups excluding carboxylic acids is 2. The molecule has 27 nitrogen and oxygen atoms in total. The van der Waals surface area contributed by atoms with E-state index in [-0.39, 0.29) is 46.0 Å². The number of rotatable bonds is 14. The van der Waals surface area contributed by atoms with E-state index in [0.717, 1.165) is 32.6 Å². The molecule has 0 spiro atoms. The summed E-state index contributed by atoms with van der Waals surface area (Å²) >= 11 is 0. The molecule has 4 saturated carbocycles. The lowest BCUT2D eigenvalue weighted by atomic mass is 9.33. The largest absolute Gasteiger partial charge is 0.463 e. The lowest BCUT2D eigenvalue weighted by Crippen LogP contribution is -2.66. The molecule has 0 aromatic carbocycles. The number of aliphatic hydroxyl groups is 14. The quantitative estimate of drug-likeness (QED) is 0.0509. The maximum absolute atomic E-state index is 15.3. The van der Waals surface area contributed by atoms with Gasteiger partial charge in [-0.15, -0.1) is 0 Å². The molecule has 9 fully saturated rings. The molecule has 0 aromatic rings. The van der Waals surface area contributed by atoms with Gasteiger partial charge < -0.3 is 124 Å². The van der Waals surface area contributed by atoms with Crippen LogP contribution in [0.2, 0.25) is 0 Å². The van der Waals surface area contributed by atoms with Gasteiger partial charge in [0.05, 0.1) is 37.4 Å². The zero-order chi connectivity index (χ0) is 64.3. The summed E-state index contributed by atoms with van der Waals surface area (Å²) in [5.74, 6) is -1.31. The molecule has 0 bridgehead atoms. The summed E-state index contributed by atoms with van der Waals surface area (Å²) in [7, 11) is 0. The fourth-order valence-electron chi connectivity index (χ4n) is 17.7. The summed E-state index contributed by atoms with van der Waals surface area (Å²) in [6.07, 6.45) is -30.1. The molecule has 0 aromatic heterocycles. The molecule has 14 N–H and O–H groups in total. The van der Waals surface area contributed by atoms with E-state index >= 15 is 4.79 Å². The van der Waals surface area contributed by atoms with Crippen molar-refractivity contribution in [1.82, 2.24) is 0 Å². The van der Waals surface area contributed by atoms with Gasteiger partial charge in [-0.2, -0.15) is 0 Å². The van der Waals surface area contributed by atoms with Crippen molar-refractivity contribution in [3.05, 3.63) is 11.6 Å². The maximum atomic E-state index is 15.3. The lowest BCUT2D eigenvalue weighted by molar-refractivity contribution is -0.367. The Morgan fingerprint density at radius 1 is 0.568 bits per heavy atom. The average Bonchev–Trinajstić information content (AvgIpc) is 0.712. The normalized spacial score (nSPS) is 52.6. The Labute approximate surface area is 512 Å². The molecule has 5 saturated heterocycles. The molecule has 27 heteroatoms. The summed E-state index contributed by atoms with van der Waals surface area (Å²) in [5.41, 5.74) is -1.32. The molecule has 0 radical (unpaired) electrons. The van der Waals surface area contributed by atoms with Gasteiger partial charge in [0.1, 0.15) is 116 Å². The van der Waals surface area contributed by atoms with Gasteiger partial charge in [-0.1, -0.05) is 60.1 Å². The molecule has 88 heavy (non-hydrogen) atoms. The van der Waals surface area contributed by atoms with Crippen LogP contribution >= 0.6 is 0 Å². The Bertz CT molecular complexity index is 2490. The van der Waals surface area contributed by atoms with Gasteiger partial charge in [-0.25, -0.2) is 0 Å². The second-order valence-electron chi connectivity index (χ2n) is 29.3. The zero-order valence-electron chi connectivity index (χ0n) is 51.7. The van der Waals surface area contributed by atoms with Crippen LogP contribution in [0.15, 0.2) is 11.6 Å². The second-order valence-corrected chi connectivity index (χ2v) is 29.3. The molecule has 32 atom stereocenters. The number of fused-ring (bicyclic) bond motifs is 7. The molecule has 5 heterocycles. The van der Waals surface area contributed by atoms with Crippen molar-refractivity contribution in [2.24, 2.45) is 50.2 Å². The Morgan fingerprint density at radius 3 is 1.83 bits per heavy atom. The van der Waals surface area contributed by atoms with E-state index in [9.17, 15) is 76.3 Å². The summed E-state index contributed by atoms with van der Waals surface area (Å²) in [5, 5.41) is 152. The summed E-state index contributed by atoms with van der Waals surface area (Å²) in [6, 6.07) is 0. The lowest BCUT2D eigenvalue weighted by Gasteiger charge is -2.71. The first kappa shape index (κ1) is 68.6. The van der Waals surface area contributed by atoms with Crippen LogP contribution in [0.1, 0.15) is 127 Å². The number of hydrogen-bond acceptors (Lipinski definition) is 27. The standard InChI is InChI=1S/C61H98O27/c1-25-36(65)40(69)44(73)51(81-25)86-48-32(24-78-26(2)63)84-50(47(76)43(48)72)80-23-31-39(68)42(71)46(75)53(83-31)88-55(77)61-18-16-56(3,4)20-28(61)27-10-11-34-58(7)14-13-35(57(5,6)33(58)12-15-60(34,9)59(27,8)17-19-61)85-54-49(37(66)29(64)22-79-54)87-52-45(74)41(70)38(67)30(21-62)82-52/h10,25,28-54,62,64-76H,11-24H2,1-9H3/t25-,28-,29-,30+,31+,32+,33?,34?,35-,36-,37-,38+,39+,40+,41-,42-,43+,44+,45+,46+,47+,48+,49+,50+,51-,52-,53-,54-,58-,59+,60+,61-/m0/s1. The van der Waals surface area contributed by atoms with Gasteiger partial charge in [0.15, 0.2) is 25.2 Å². The summed E-state index contributed by atoms with van der Waals surface area (Å²) in [6.45, 7) is 16.2. The summed E-state index contributed by atoms with van der Waals surface area (Å²) < 4.78 is 65.1. The van der Waals surface area contributed by atoms with E-state index in [1.807, 2.05) is 0 Å². The number of carbonyl (C=O) groups is 2. The van der Waals surface area contributed by atoms with E-state index in [1.165, 1.54) is 12.5 Å².